The minimum absolute atomic E-state index is 0.176. The first-order valence-electron chi connectivity index (χ1n) is 10.6. The van der Waals surface area contributed by atoms with E-state index in [9.17, 15) is 4.79 Å². The largest absolute Gasteiger partial charge is 0.379 e. The fraction of sp³-hybridized carbons (Fsp3) is 0.333. The monoisotopic (exact) mass is 420 g/mol. The molecular weight excluding hydrogens is 392 g/mol. The summed E-state index contributed by atoms with van der Waals surface area (Å²) in [6, 6.07) is 19.3. The Kier molecular flexibility index (Phi) is 7.09. The molecule has 3 aromatic rings. The van der Waals surface area contributed by atoms with Crippen LogP contribution in [0.25, 0.3) is 0 Å². The van der Waals surface area contributed by atoms with Gasteiger partial charge in [0.25, 0.3) is 0 Å². The van der Waals surface area contributed by atoms with E-state index in [-0.39, 0.29) is 5.91 Å². The van der Waals surface area contributed by atoms with E-state index >= 15 is 0 Å². The molecule has 0 spiro atoms. The first-order valence-corrected chi connectivity index (χ1v) is 10.6. The molecule has 1 aliphatic heterocycles. The number of nitrogens with zero attached hydrogens (tertiary/aromatic N) is 2. The van der Waals surface area contributed by atoms with Crippen LogP contribution in [0.4, 0.5) is 5.82 Å². The quantitative estimate of drug-likeness (QED) is 0.582. The van der Waals surface area contributed by atoms with E-state index in [4.69, 9.17) is 9.26 Å². The number of amides is 1. The zero-order valence-electron chi connectivity index (χ0n) is 17.7. The summed E-state index contributed by atoms with van der Waals surface area (Å²) in [6.07, 6.45) is 0. The SMILES string of the molecule is Cc1cc(NC(=O)C(NCc2ccccc2CN2CCOCC2)c2ccccc2)no1. The van der Waals surface area contributed by atoms with E-state index in [1.807, 2.05) is 36.4 Å². The Morgan fingerprint density at radius 1 is 1.06 bits per heavy atom. The predicted octanol–water partition coefficient (Wildman–Crippen LogP) is 3.28. The number of anilines is 1. The summed E-state index contributed by atoms with van der Waals surface area (Å²) >= 11 is 0. The summed E-state index contributed by atoms with van der Waals surface area (Å²) in [5, 5.41) is 10.2. The van der Waals surface area contributed by atoms with Gasteiger partial charge in [-0.1, -0.05) is 59.8 Å². The molecule has 1 atom stereocenters. The maximum Gasteiger partial charge on any atom is 0.247 e. The van der Waals surface area contributed by atoms with Crippen LogP contribution < -0.4 is 10.6 Å². The molecule has 1 saturated heterocycles. The molecule has 2 aromatic carbocycles. The van der Waals surface area contributed by atoms with Crippen LogP contribution in [-0.2, 0) is 22.6 Å². The molecule has 4 rings (SSSR count). The third-order valence-electron chi connectivity index (χ3n) is 5.39. The highest BCUT2D eigenvalue weighted by Crippen LogP contribution is 2.19. The second-order valence-electron chi connectivity index (χ2n) is 7.69. The zero-order chi connectivity index (χ0) is 21.5. The van der Waals surface area contributed by atoms with Crippen LogP contribution in [0, 0.1) is 6.92 Å². The van der Waals surface area contributed by atoms with Crippen LogP contribution in [0.2, 0.25) is 0 Å². The van der Waals surface area contributed by atoms with E-state index in [1.165, 1.54) is 11.1 Å². The van der Waals surface area contributed by atoms with Gasteiger partial charge in [-0.3, -0.25) is 15.0 Å². The smallest absolute Gasteiger partial charge is 0.247 e. The van der Waals surface area contributed by atoms with Crippen molar-refractivity contribution in [3.05, 3.63) is 83.1 Å². The molecule has 2 N–H and O–H groups in total. The summed E-state index contributed by atoms with van der Waals surface area (Å²) < 4.78 is 10.5. The number of morpholine rings is 1. The fourth-order valence-electron chi connectivity index (χ4n) is 3.73. The maximum atomic E-state index is 13.1. The molecule has 7 nitrogen and oxygen atoms in total. The van der Waals surface area contributed by atoms with Crippen LogP contribution in [0.3, 0.4) is 0 Å². The summed E-state index contributed by atoms with van der Waals surface area (Å²) in [6.45, 7) is 6.67. The molecule has 2 heterocycles. The number of benzene rings is 2. The lowest BCUT2D eigenvalue weighted by Crippen LogP contribution is -2.36. The topological polar surface area (TPSA) is 79.6 Å². The van der Waals surface area contributed by atoms with Gasteiger partial charge in [0.05, 0.1) is 13.2 Å². The highest BCUT2D eigenvalue weighted by Gasteiger charge is 2.22. The number of hydrogen-bond acceptors (Lipinski definition) is 6. The van der Waals surface area contributed by atoms with Gasteiger partial charge in [0.15, 0.2) is 5.82 Å². The first kappa shape index (κ1) is 21.2. The number of aromatic nitrogens is 1. The fourth-order valence-corrected chi connectivity index (χ4v) is 3.73. The molecule has 1 aliphatic rings. The van der Waals surface area contributed by atoms with Crippen molar-refractivity contribution in [1.82, 2.24) is 15.4 Å². The predicted molar refractivity (Wildman–Crippen MR) is 118 cm³/mol. The van der Waals surface area contributed by atoms with E-state index in [0.29, 0.717) is 18.1 Å². The van der Waals surface area contributed by atoms with E-state index in [1.54, 1.807) is 13.0 Å². The van der Waals surface area contributed by atoms with Gasteiger partial charge in [-0.25, -0.2) is 0 Å². The van der Waals surface area contributed by atoms with Gasteiger partial charge in [-0.2, -0.15) is 0 Å². The minimum atomic E-state index is -0.519. The summed E-state index contributed by atoms with van der Waals surface area (Å²) in [7, 11) is 0. The van der Waals surface area contributed by atoms with Crippen LogP contribution >= 0.6 is 0 Å². The number of nitrogens with one attached hydrogen (secondary N) is 2. The lowest BCUT2D eigenvalue weighted by atomic mass is 10.0. The summed E-state index contributed by atoms with van der Waals surface area (Å²) in [4.78, 5) is 15.5. The van der Waals surface area contributed by atoms with Gasteiger partial charge in [0.2, 0.25) is 5.91 Å². The Balaban J connectivity index is 1.48. The molecule has 0 radical (unpaired) electrons. The van der Waals surface area contributed by atoms with Crippen molar-refractivity contribution < 1.29 is 14.1 Å². The molecule has 1 amide bonds. The normalized spacial score (nSPS) is 15.5. The standard InChI is InChI=1S/C24H28N4O3/c1-18-15-22(27-31-18)26-24(29)23(19-7-3-2-4-8-19)25-16-20-9-5-6-10-21(20)17-28-11-13-30-14-12-28/h2-10,15,23,25H,11-14,16-17H2,1H3,(H,26,27,29). The first-order chi connectivity index (χ1) is 15.2. The number of ether oxygens (including phenoxy) is 1. The van der Waals surface area contributed by atoms with Crippen molar-refractivity contribution in [2.45, 2.75) is 26.1 Å². The van der Waals surface area contributed by atoms with Gasteiger partial charge < -0.3 is 14.6 Å². The van der Waals surface area contributed by atoms with E-state index < -0.39 is 6.04 Å². The van der Waals surface area contributed by atoms with Crippen LogP contribution in [0.1, 0.15) is 28.5 Å². The third kappa shape index (κ3) is 5.79. The Morgan fingerprint density at radius 3 is 2.48 bits per heavy atom. The number of hydrogen-bond donors (Lipinski definition) is 2. The van der Waals surface area contributed by atoms with E-state index in [0.717, 1.165) is 38.4 Å². The van der Waals surface area contributed by atoms with Crippen molar-refractivity contribution >= 4 is 11.7 Å². The Morgan fingerprint density at radius 2 is 1.77 bits per heavy atom. The Bertz CT molecular complexity index is 983. The second-order valence-corrected chi connectivity index (χ2v) is 7.69. The number of aryl methyl sites for hydroxylation is 1. The van der Waals surface area contributed by atoms with Crippen molar-refractivity contribution in [1.29, 1.82) is 0 Å². The molecule has 31 heavy (non-hydrogen) atoms. The minimum Gasteiger partial charge on any atom is -0.379 e. The number of carbonyl (C=O) groups is 1. The van der Waals surface area contributed by atoms with Crippen molar-refractivity contribution in [2.24, 2.45) is 0 Å². The summed E-state index contributed by atoms with van der Waals surface area (Å²) in [5.41, 5.74) is 3.34. The molecule has 162 valence electrons. The van der Waals surface area contributed by atoms with Crippen molar-refractivity contribution in [3.63, 3.8) is 0 Å². The third-order valence-corrected chi connectivity index (χ3v) is 5.39. The number of rotatable bonds is 8. The zero-order valence-corrected chi connectivity index (χ0v) is 17.7. The Labute approximate surface area is 182 Å². The second kappa shape index (κ2) is 10.3. The van der Waals surface area contributed by atoms with Gasteiger partial charge in [-0.05, 0) is 23.6 Å². The molecule has 1 fully saturated rings. The van der Waals surface area contributed by atoms with Gasteiger partial charge >= 0.3 is 0 Å². The van der Waals surface area contributed by atoms with Crippen LogP contribution in [0.5, 0.6) is 0 Å². The van der Waals surface area contributed by atoms with E-state index in [2.05, 4.69) is 38.9 Å². The Hall–Kier alpha value is -3.00. The van der Waals surface area contributed by atoms with Crippen molar-refractivity contribution in [3.8, 4) is 0 Å². The maximum absolute atomic E-state index is 13.1. The molecular formula is C24H28N4O3. The summed E-state index contributed by atoms with van der Waals surface area (Å²) in [5.74, 6) is 0.889. The lowest BCUT2D eigenvalue weighted by Gasteiger charge is -2.27. The highest BCUT2D eigenvalue weighted by atomic mass is 16.5. The number of carbonyl (C=O) groups excluding carboxylic acids is 1. The average molecular weight is 421 g/mol. The lowest BCUT2D eigenvalue weighted by molar-refractivity contribution is -0.118. The molecule has 1 unspecified atom stereocenters. The molecule has 0 bridgehead atoms. The molecule has 0 aliphatic carbocycles. The van der Waals surface area contributed by atoms with Gasteiger partial charge in [0.1, 0.15) is 11.8 Å². The van der Waals surface area contributed by atoms with Crippen molar-refractivity contribution in [2.75, 3.05) is 31.6 Å². The molecule has 1 aromatic heterocycles. The highest BCUT2D eigenvalue weighted by molar-refractivity contribution is 5.94. The average Bonchev–Trinajstić information content (AvgIpc) is 3.21. The molecule has 7 heteroatoms. The van der Waals surface area contributed by atoms with Gasteiger partial charge in [-0.15, -0.1) is 0 Å². The van der Waals surface area contributed by atoms with Gasteiger partial charge in [0, 0.05) is 32.2 Å². The van der Waals surface area contributed by atoms with Crippen LogP contribution in [-0.4, -0.2) is 42.3 Å². The van der Waals surface area contributed by atoms with Crippen LogP contribution in [0.15, 0.2) is 65.2 Å². The molecule has 0 saturated carbocycles.